The molecule has 4 rings (SSSR count). The molecular weight excluding hydrogens is 450 g/mol. The topological polar surface area (TPSA) is 97.4 Å². The number of ether oxygens (including phenoxy) is 1. The number of rotatable bonds is 7. The summed E-state index contributed by atoms with van der Waals surface area (Å²) in [6.07, 6.45) is 5.70. The third-order valence-corrected chi connectivity index (χ3v) is 6.78. The molecule has 2 N–H and O–H groups in total. The number of sulfonamides is 1. The highest BCUT2D eigenvalue weighted by Crippen LogP contribution is 2.27. The minimum atomic E-state index is -3.80. The Morgan fingerprint density at radius 3 is 2.53 bits per heavy atom. The summed E-state index contributed by atoms with van der Waals surface area (Å²) in [6, 6.07) is 15.8. The molecule has 0 atom stereocenters. The van der Waals surface area contributed by atoms with Crippen molar-refractivity contribution >= 4 is 33.2 Å². The van der Waals surface area contributed by atoms with Crippen molar-refractivity contribution in [2.24, 2.45) is 0 Å². The largest absolute Gasteiger partial charge is 0.438 e. The number of pyridine rings is 1. The first-order valence-electron chi connectivity index (χ1n) is 10.2. The highest BCUT2D eigenvalue weighted by Gasteiger charge is 2.21. The second kappa shape index (κ2) is 9.58. The Hall–Kier alpha value is -3.10. The second-order valence-corrected chi connectivity index (χ2v) is 9.62. The van der Waals surface area contributed by atoms with Crippen LogP contribution in [-0.4, -0.2) is 25.4 Å². The summed E-state index contributed by atoms with van der Waals surface area (Å²) in [5.74, 6) is 0.259. The number of nitrogens with zero attached hydrogens (tertiary/aromatic N) is 1. The van der Waals surface area contributed by atoms with E-state index in [0.29, 0.717) is 22.0 Å². The van der Waals surface area contributed by atoms with Gasteiger partial charge in [-0.3, -0.25) is 9.52 Å². The molecule has 2 aromatic carbocycles. The monoisotopic (exact) mass is 471 g/mol. The Morgan fingerprint density at radius 2 is 1.78 bits per heavy atom. The molecule has 0 unspecified atom stereocenters. The Balaban J connectivity index is 1.51. The van der Waals surface area contributed by atoms with E-state index in [2.05, 4.69) is 15.0 Å². The van der Waals surface area contributed by atoms with E-state index in [1.807, 2.05) is 0 Å². The second-order valence-electron chi connectivity index (χ2n) is 7.50. The van der Waals surface area contributed by atoms with Gasteiger partial charge in [0.1, 0.15) is 11.3 Å². The van der Waals surface area contributed by atoms with Crippen LogP contribution < -0.4 is 14.8 Å². The Labute approximate surface area is 191 Å². The summed E-state index contributed by atoms with van der Waals surface area (Å²) in [7, 11) is -3.80. The molecule has 1 fully saturated rings. The summed E-state index contributed by atoms with van der Waals surface area (Å²) in [6.45, 7) is 0. The number of amides is 1. The number of anilines is 1. The fourth-order valence-electron chi connectivity index (χ4n) is 3.54. The maximum atomic E-state index is 12.7. The highest BCUT2D eigenvalue weighted by atomic mass is 35.5. The fourth-order valence-corrected chi connectivity index (χ4v) is 4.72. The van der Waals surface area contributed by atoms with Crippen molar-refractivity contribution in [3.63, 3.8) is 0 Å². The predicted octanol–water partition coefficient (Wildman–Crippen LogP) is 5.00. The van der Waals surface area contributed by atoms with Crippen LogP contribution in [0.2, 0.25) is 5.02 Å². The van der Waals surface area contributed by atoms with E-state index in [1.54, 1.807) is 30.3 Å². The van der Waals surface area contributed by atoms with Crippen molar-refractivity contribution in [1.82, 2.24) is 10.3 Å². The molecule has 32 heavy (non-hydrogen) atoms. The molecular formula is C23H22ClN3O4S. The molecule has 0 radical (unpaired) electrons. The molecule has 1 aliphatic carbocycles. The lowest BCUT2D eigenvalue weighted by atomic mass is 10.2. The minimum absolute atomic E-state index is 0.0869. The van der Waals surface area contributed by atoms with Gasteiger partial charge in [-0.25, -0.2) is 13.4 Å². The van der Waals surface area contributed by atoms with Gasteiger partial charge >= 0.3 is 0 Å². The molecule has 7 nitrogen and oxygen atoms in total. The van der Waals surface area contributed by atoms with Gasteiger partial charge in [0, 0.05) is 23.3 Å². The molecule has 1 aliphatic rings. The normalized spacial score (nSPS) is 14.2. The van der Waals surface area contributed by atoms with Crippen molar-refractivity contribution < 1.29 is 17.9 Å². The van der Waals surface area contributed by atoms with Gasteiger partial charge in [0.2, 0.25) is 5.88 Å². The molecule has 3 aromatic rings. The third kappa shape index (κ3) is 5.38. The molecule has 0 aliphatic heterocycles. The van der Waals surface area contributed by atoms with Gasteiger partial charge in [0.15, 0.2) is 0 Å². The van der Waals surface area contributed by atoms with Crippen molar-refractivity contribution in [3.05, 3.63) is 77.4 Å². The first-order valence-corrected chi connectivity index (χ1v) is 12.1. The molecule has 1 saturated carbocycles. The zero-order valence-corrected chi connectivity index (χ0v) is 18.7. The Morgan fingerprint density at radius 1 is 1.03 bits per heavy atom. The van der Waals surface area contributed by atoms with Gasteiger partial charge in [-0.15, -0.1) is 0 Å². The van der Waals surface area contributed by atoms with E-state index in [-0.39, 0.29) is 22.7 Å². The zero-order valence-electron chi connectivity index (χ0n) is 17.1. The van der Waals surface area contributed by atoms with Gasteiger partial charge in [-0.1, -0.05) is 30.5 Å². The SMILES string of the molecule is O=C(NC1CCCC1)c1cccnc1Oc1cccc(NS(=O)(=O)c2ccc(Cl)cc2)c1. The highest BCUT2D eigenvalue weighted by molar-refractivity contribution is 7.92. The lowest BCUT2D eigenvalue weighted by Crippen LogP contribution is -2.32. The maximum absolute atomic E-state index is 12.7. The van der Waals surface area contributed by atoms with Gasteiger partial charge in [-0.2, -0.15) is 0 Å². The smallest absolute Gasteiger partial charge is 0.261 e. The lowest BCUT2D eigenvalue weighted by molar-refractivity contribution is 0.0935. The van der Waals surface area contributed by atoms with Crippen LogP contribution in [0.1, 0.15) is 36.0 Å². The fraction of sp³-hybridized carbons (Fsp3) is 0.217. The van der Waals surface area contributed by atoms with Crippen LogP contribution in [0, 0.1) is 0 Å². The van der Waals surface area contributed by atoms with Crippen molar-refractivity contribution in [1.29, 1.82) is 0 Å². The van der Waals surface area contributed by atoms with Gasteiger partial charge < -0.3 is 10.1 Å². The van der Waals surface area contributed by atoms with Crippen molar-refractivity contribution in [3.8, 4) is 11.6 Å². The number of hydrogen-bond acceptors (Lipinski definition) is 5. The van der Waals surface area contributed by atoms with Crippen molar-refractivity contribution in [2.75, 3.05) is 4.72 Å². The molecule has 9 heteroatoms. The third-order valence-electron chi connectivity index (χ3n) is 5.13. The Kier molecular flexibility index (Phi) is 6.62. The molecule has 166 valence electrons. The van der Waals surface area contributed by atoms with Gasteiger partial charge in [-0.05, 0) is 61.4 Å². The van der Waals surface area contributed by atoms with Crippen LogP contribution in [0.4, 0.5) is 5.69 Å². The molecule has 0 saturated heterocycles. The van der Waals surface area contributed by atoms with Crippen LogP contribution in [0.25, 0.3) is 0 Å². The van der Waals surface area contributed by atoms with Crippen LogP contribution in [0.15, 0.2) is 71.8 Å². The van der Waals surface area contributed by atoms with E-state index >= 15 is 0 Å². The van der Waals surface area contributed by atoms with Gasteiger partial charge in [0.05, 0.1) is 10.6 Å². The van der Waals surface area contributed by atoms with Gasteiger partial charge in [0.25, 0.3) is 15.9 Å². The average Bonchev–Trinajstić information content (AvgIpc) is 3.27. The molecule has 1 amide bonds. The number of nitrogens with one attached hydrogen (secondary N) is 2. The number of hydrogen-bond donors (Lipinski definition) is 2. The zero-order chi connectivity index (χ0) is 22.6. The van der Waals surface area contributed by atoms with E-state index in [0.717, 1.165) is 25.7 Å². The number of carbonyl (C=O) groups excluding carboxylic acids is 1. The first-order chi connectivity index (χ1) is 15.4. The molecule has 0 spiro atoms. The number of aromatic nitrogens is 1. The molecule has 1 heterocycles. The summed E-state index contributed by atoms with van der Waals surface area (Å²) in [5.41, 5.74) is 0.636. The number of benzene rings is 2. The minimum Gasteiger partial charge on any atom is -0.438 e. The molecule has 1 aromatic heterocycles. The maximum Gasteiger partial charge on any atom is 0.261 e. The van der Waals surface area contributed by atoms with E-state index in [9.17, 15) is 13.2 Å². The van der Waals surface area contributed by atoms with Crippen LogP contribution in [-0.2, 0) is 10.0 Å². The summed E-state index contributed by atoms with van der Waals surface area (Å²) in [4.78, 5) is 17.0. The van der Waals surface area contributed by atoms with Crippen molar-refractivity contribution in [2.45, 2.75) is 36.6 Å². The Bertz CT molecular complexity index is 1210. The van der Waals surface area contributed by atoms with Crippen LogP contribution in [0.5, 0.6) is 11.6 Å². The van der Waals surface area contributed by atoms with Crippen LogP contribution >= 0.6 is 11.6 Å². The van der Waals surface area contributed by atoms with E-state index < -0.39 is 10.0 Å². The summed E-state index contributed by atoms with van der Waals surface area (Å²) >= 11 is 5.84. The lowest BCUT2D eigenvalue weighted by Gasteiger charge is -2.14. The number of halogens is 1. The summed E-state index contributed by atoms with van der Waals surface area (Å²) in [5, 5.41) is 3.47. The van der Waals surface area contributed by atoms with Crippen LogP contribution in [0.3, 0.4) is 0 Å². The molecule has 0 bridgehead atoms. The summed E-state index contributed by atoms with van der Waals surface area (Å²) < 4.78 is 33.6. The average molecular weight is 472 g/mol. The van der Waals surface area contributed by atoms with E-state index in [1.165, 1.54) is 36.5 Å². The van der Waals surface area contributed by atoms with E-state index in [4.69, 9.17) is 16.3 Å². The first kappa shape index (κ1) is 22.1. The number of carbonyl (C=O) groups is 1. The predicted molar refractivity (Wildman–Crippen MR) is 123 cm³/mol. The quantitative estimate of drug-likeness (QED) is 0.505. The standard InChI is InChI=1S/C23H22ClN3O4S/c24-16-10-12-20(13-11-16)32(29,30)27-18-7-3-8-19(15-18)31-23-21(9-4-14-25-23)22(28)26-17-5-1-2-6-17/h3-4,7-15,17,27H,1-2,5-6H2,(H,26,28).